The van der Waals surface area contributed by atoms with Crippen molar-refractivity contribution in [3.8, 4) is 0 Å². The van der Waals surface area contributed by atoms with E-state index < -0.39 is 21.6 Å². The molecule has 0 amide bonds. The number of hydrogen-bond acceptors (Lipinski definition) is 3. The molecule has 7 heteroatoms. The lowest BCUT2D eigenvalue weighted by molar-refractivity contribution is -0.137. The molecule has 0 radical (unpaired) electrons. The lowest BCUT2D eigenvalue weighted by atomic mass is 10.0. The first-order chi connectivity index (χ1) is 13.8. The minimum absolute atomic E-state index is 0.151. The van der Waals surface area contributed by atoms with Crippen molar-refractivity contribution in [2.45, 2.75) is 37.6 Å². The molecule has 0 unspecified atom stereocenters. The molecule has 1 aromatic heterocycles. The highest BCUT2D eigenvalue weighted by molar-refractivity contribution is 7.91. The Morgan fingerprint density at radius 3 is 2.62 bits per heavy atom. The molecule has 0 bridgehead atoms. The monoisotopic (exact) mass is 415 g/mol. The van der Waals surface area contributed by atoms with Gasteiger partial charge in [-0.05, 0) is 61.1 Å². The molecular formula is C22H22FNO4S. The molecule has 1 heterocycles. The molecule has 1 N–H and O–H groups in total. The maximum atomic E-state index is 14.0. The summed E-state index contributed by atoms with van der Waals surface area (Å²) >= 11 is 0. The second-order valence-corrected chi connectivity index (χ2v) is 9.72. The average Bonchev–Trinajstić information content (AvgIpc) is 3.43. The van der Waals surface area contributed by atoms with Crippen LogP contribution in [0.15, 0.2) is 47.4 Å². The Bertz CT molecular complexity index is 1210. The van der Waals surface area contributed by atoms with Crippen molar-refractivity contribution in [1.82, 2.24) is 4.57 Å². The van der Waals surface area contributed by atoms with Gasteiger partial charge in [-0.1, -0.05) is 18.2 Å². The van der Waals surface area contributed by atoms with Crippen LogP contribution in [-0.4, -0.2) is 29.8 Å². The van der Waals surface area contributed by atoms with Gasteiger partial charge < -0.3 is 9.67 Å². The van der Waals surface area contributed by atoms with Crippen molar-refractivity contribution in [3.05, 3.63) is 65.1 Å². The lowest BCUT2D eigenvalue weighted by Crippen LogP contribution is -2.12. The summed E-state index contributed by atoms with van der Waals surface area (Å²) in [5, 5.41) is 9.88. The second kappa shape index (κ2) is 7.30. The zero-order valence-electron chi connectivity index (χ0n) is 16.1. The van der Waals surface area contributed by atoms with Gasteiger partial charge in [-0.2, -0.15) is 0 Å². The fourth-order valence-electron chi connectivity index (χ4n) is 3.91. The van der Waals surface area contributed by atoms with E-state index in [-0.39, 0.29) is 18.2 Å². The number of carboxylic acids is 1. The number of fused-ring (bicyclic) bond motifs is 1. The molecule has 1 fully saturated rings. The van der Waals surface area contributed by atoms with E-state index in [9.17, 15) is 22.7 Å². The highest BCUT2D eigenvalue weighted by Gasteiger charge is 2.30. The second-order valence-electron chi connectivity index (χ2n) is 7.71. The van der Waals surface area contributed by atoms with Crippen LogP contribution in [0.25, 0.3) is 10.9 Å². The molecule has 0 aliphatic heterocycles. The van der Waals surface area contributed by atoms with E-state index in [1.54, 1.807) is 41.8 Å². The third kappa shape index (κ3) is 3.92. The Balaban J connectivity index is 1.82. The highest BCUT2D eigenvalue weighted by Crippen LogP contribution is 2.34. The molecule has 3 aromatic rings. The maximum absolute atomic E-state index is 14.0. The average molecular weight is 415 g/mol. The summed E-state index contributed by atoms with van der Waals surface area (Å²) < 4.78 is 41.4. The van der Waals surface area contributed by atoms with Crippen molar-refractivity contribution in [1.29, 1.82) is 0 Å². The molecule has 2 aromatic carbocycles. The largest absolute Gasteiger partial charge is 0.480 e. The molecule has 0 atom stereocenters. The molecule has 29 heavy (non-hydrogen) atoms. The number of aromatic nitrogens is 1. The van der Waals surface area contributed by atoms with Crippen molar-refractivity contribution >= 4 is 26.7 Å². The van der Waals surface area contributed by atoms with Gasteiger partial charge in [-0.15, -0.1) is 0 Å². The van der Waals surface area contributed by atoms with Gasteiger partial charge in [0.15, 0.2) is 9.84 Å². The third-order valence-electron chi connectivity index (χ3n) is 5.54. The molecule has 0 spiro atoms. The fraction of sp³-hybridized carbons (Fsp3) is 0.318. The SMILES string of the molecule is Cc1c(Cc2ccccc2S(=O)(=O)CC2CC2)c2cc(F)ccc2n1CC(=O)O. The Hall–Kier alpha value is -2.67. The van der Waals surface area contributed by atoms with Crippen molar-refractivity contribution < 1.29 is 22.7 Å². The van der Waals surface area contributed by atoms with E-state index in [1.165, 1.54) is 12.1 Å². The number of carboxylic acid groups (broad SMARTS) is 1. The number of rotatable bonds is 7. The highest BCUT2D eigenvalue weighted by atomic mass is 32.2. The van der Waals surface area contributed by atoms with Gasteiger partial charge in [0.25, 0.3) is 0 Å². The maximum Gasteiger partial charge on any atom is 0.323 e. The zero-order valence-corrected chi connectivity index (χ0v) is 16.9. The molecule has 5 nitrogen and oxygen atoms in total. The first kappa shape index (κ1) is 19.6. The van der Waals surface area contributed by atoms with E-state index in [4.69, 9.17) is 0 Å². The predicted molar refractivity (Wildman–Crippen MR) is 108 cm³/mol. The van der Waals surface area contributed by atoms with E-state index in [0.29, 0.717) is 33.5 Å². The van der Waals surface area contributed by atoms with Gasteiger partial charge in [-0.25, -0.2) is 12.8 Å². The van der Waals surface area contributed by atoms with Gasteiger partial charge in [0, 0.05) is 23.0 Å². The lowest BCUT2D eigenvalue weighted by Gasteiger charge is -2.11. The van der Waals surface area contributed by atoms with Crippen LogP contribution < -0.4 is 0 Å². The van der Waals surface area contributed by atoms with Crippen LogP contribution in [0.3, 0.4) is 0 Å². The molecule has 1 aliphatic rings. The summed E-state index contributed by atoms with van der Waals surface area (Å²) in [5.74, 6) is -1.02. The van der Waals surface area contributed by atoms with E-state index in [0.717, 1.165) is 18.4 Å². The van der Waals surface area contributed by atoms with Crippen LogP contribution in [-0.2, 0) is 27.6 Å². The molecule has 1 saturated carbocycles. The number of hydrogen-bond donors (Lipinski definition) is 1. The summed E-state index contributed by atoms with van der Waals surface area (Å²) in [6, 6.07) is 11.2. The van der Waals surface area contributed by atoms with Crippen LogP contribution in [0.4, 0.5) is 4.39 Å². The van der Waals surface area contributed by atoms with Gasteiger partial charge in [0.2, 0.25) is 0 Å². The predicted octanol–water partition coefficient (Wildman–Crippen LogP) is 3.95. The minimum atomic E-state index is -3.41. The Morgan fingerprint density at radius 1 is 1.21 bits per heavy atom. The molecule has 152 valence electrons. The third-order valence-corrected chi connectivity index (χ3v) is 7.52. The number of carbonyl (C=O) groups is 1. The quantitative estimate of drug-likeness (QED) is 0.634. The van der Waals surface area contributed by atoms with Gasteiger partial charge in [0.05, 0.1) is 10.6 Å². The standard InChI is InChI=1S/C22H22FNO4S/c1-14-18(19-11-17(23)8-9-20(19)24(14)12-22(25)26)10-16-4-2-3-5-21(16)29(27,28)13-15-6-7-15/h2-5,8-9,11,15H,6-7,10,12-13H2,1H3,(H,25,26). The number of nitrogens with zero attached hydrogens (tertiary/aromatic N) is 1. The van der Waals surface area contributed by atoms with E-state index in [2.05, 4.69) is 0 Å². The normalized spacial score (nSPS) is 14.4. The van der Waals surface area contributed by atoms with Crippen molar-refractivity contribution in [3.63, 3.8) is 0 Å². The van der Waals surface area contributed by atoms with Crippen molar-refractivity contribution in [2.75, 3.05) is 5.75 Å². The molecule has 0 saturated heterocycles. The smallest absolute Gasteiger partial charge is 0.323 e. The molecule has 1 aliphatic carbocycles. The van der Waals surface area contributed by atoms with Crippen molar-refractivity contribution in [2.24, 2.45) is 5.92 Å². The summed E-state index contributed by atoms with van der Waals surface area (Å²) in [4.78, 5) is 11.6. The van der Waals surface area contributed by atoms with Crippen LogP contribution >= 0.6 is 0 Å². The first-order valence-corrected chi connectivity index (χ1v) is 11.2. The number of halogens is 1. The summed E-state index contributed by atoms with van der Waals surface area (Å²) in [7, 11) is -3.41. The van der Waals surface area contributed by atoms with Gasteiger partial charge in [-0.3, -0.25) is 4.79 Å². The molecule has 4 rings (SSSR count). The minimum Gasteiger partial charge on any atom is -0.480 e. The van der Waals surface area contributed by atoms with Gasteiger partial charge in [0.1, 0.15) is 12.4 Å². The Kier molecular flexibility index (Phi) is 4.94. The summed E-state index contributed by atoms with van der Waals surface area (Å²) in [6.07, 6.45) is 2.18. The first-order valence-electron chi connectivity index (χ1n) is 9.56. The van der Waals surface area contributed by atoms with Crippen LogP contribution in [0, 0.1) is 18.7 Å². The van der Waals surface area contributed by atoms with Crippen LogP contribution in [0.1, 0.15) is 29.7 Å². The van der Waals surface area contributed by atoms with Crippen LogP contribution in [0.2, 0.25) is 0 Å². The Morgan fingerprint density at radius 2 is 1.93 bits per heavy atom. The Labute approximate surface area is 168 Å². The fourth-order valence-corrected chi connectivity index (χ4v) is 5.87. The number of sulfone groups is 1. The number of benzene rings is 2. The topological polar surface area (TPSA) is 76.4 Å². The summed E-state index contributed by atoms with van der Waals surface area (Å²) in [6.45, 7) is 1.55. The van der Waals surface area contributed by atoms with E-state index >= 15 is 0 Å². The van der Waals surface area contributed by atoms with Crippen LogP contribution in [0.5, 0.6) is 0 Å². The number of aliphatic carboxylic acids is 1. The zero-order chi connectivity index (χ0) is 20.8. The van der Waals surface area contributed by atoms with E-state index in [1.807, 2.05) is 0 Å². The van der Waals surface area contributed by atoms with Gasteiger partial charge >= 0.3 is 5.97 Å². The molecular weight excluding hydrogens is 393 g/mol. The summed E-state index contributed by atoms with van der Waals surface area (Å²) in [5.41, 5.74) is 2.71.